The van der Waals surface area contributed by atoms with Crippen molar-refractivity contribution < 1.29 is 14.3 Å². The van der Waals surface area contributed by atoms with Crippen molar-refractivity contribution in [2.75, 3.05) is 50.2 Å². The van der Waals surface area contributed by atoms with Gasteiger partial charge in [-0.05, 0) is 61.4 Å². The summed E-state index contributed by atoms with van der Waals surface area (Å²) in [5.41, 5.74) is 5.06. The third-order valence-corrected chi connectivity index (χ3v) is 7.06. The Bertz CT molecular complexity index is 1540. The smallest absolute Gasteiger partial charge is 0.337 e. The normalized spacial score (nSPS) is 13.6. The highest BCUT2D eigenvalue weighted by Gasteiger charge is 2.24. The van der Waals surface area contributed by atoms with Crippen LogP contribution in [-0.2, 0) is 4.74 Å². The SMILES string of the molecule is COC(=O)c1ccc2c(=O)n(-c3cccc(OC)c3)c(N3CCN(c4cccc(C)c4C)CC3)nc2c1. The van der Waals surface area contributed by atoms with Gasteiger partial charge in [-0.3, -0.25) is 4.79 Å². The Morgan fingerprint density at radius 2 is 1.62 bits per heavy atom. The molecule has 0 unspecified atom stereocenters. The van der Waals surface area contributed by atoms with Gasteiger partial charge >= 0.3 is 5.97 Å². The second-order valence-electron chi connectivity index (χ2n) is 9.17. The molecule has 4 aromatic rings. The van der Waals surface area contributed by atoms with Crippen LogP contribution in [0.5, 0.6) is 5.75 Å². The highest BCUT2D eigenvalue weighted by Crippen LogP contribution is 2.27. The van der Waals surface area contributed by atoms with E-state index < -0.39 is 5.97 Å². The van der Waals surface area contributed by atoms with Crippen LogP contribution in [0, 0.1) is 13.8 Å². The zero-order chi connectivity index (χ0) is 26.1. The summed E-state index contributed by atoms with van der Waals surface area (Å²) in [4.78, 5) is 35.4. The summed E-state index contributed by atoms with van der Waals surface area (Å²) in [5, 5.41) is 0.424. The Kier molecular flexibility index (Phi) is 6.56. The molecule has 0 N–H and O–H groups in total. The maximum atomic E-state index is 13.8. The van der Waals surface area contributed by atoms with Crippen LogP contribution in [0.15, 0.2) is 65.5 Å². The van der Waals surface area contributed by atoms with Gasteiger partial charge in [0.15, 0.2) is 0 Å². The van der Waals surface area contributed by atoms with Crippen LogP contribution in [0.2, 0.25) is 0 Å². The molecule has 0 bridgehead atoms. The van der Waals surface area contributed by atoms with E-state index in [0.717, 1.165) is 13.1 Å². The van der Waals surface area contributed by atoms with Crippen LogP contribution in [0.3, 0.4) is 0 Å². The molecule has 1 fully saturated rings. The van der Waals surface area contributed by atoms with Crippen molar-refractivity contribution in [3.63, 3.8) is 0 Å². The number of nitrogens with zero attached hydrogens (tertiary/aromatic N) is 4. The molecule has 0 amide bonds. The van der Waals surface area contributed by atoms with Crippen LogP contribution in [0.1, 0.15) is 21.5 Å². The van der Waals surface area contributed by atoms with Crippen molar-refractivity contribution in [3.8, 4) is 11.4 Å². The van der Waals surface area contributed by atoms with Crippen LogP contribution in [0.4, 0.5) is 11.6 Å². The number of aromatic nitrogens is 2. The molecule has 2 heterocycles. The van der Waals surface area contributed by atoms with Crippen LogP contribution in [0.25, 0.3) is 16.6 Å². The van der Waals surface area contributed by atoms with E-state index in [2.05, 4.69) is 41.8 Å². The number of carbonyl (C=O) groups is 1. The lowest BCUT2D eigenvalue weighted by Gasteiger charge is -2.38. The van der Waals surface area contributed by atoms with Crippen molar-refractivity contribution in [1.82, 2.24) is 9.55 Å². The minimum Gasteiger partial charge on any atom is -0.497 e. The molecule has 0 radical (unpaired) electrons. The lowest BCUT2D eigenvalue weighted by Crippen LogP contribution is -2.48. The monoisotopic (exact) mass is 498 g/mol. The minimum atomic E-state index is -0.468. The summed E-state index contributed by atoms with van der Waals surface area (Å²) in [6, 6.07) is 18.6. The van der Waals surface area contributed by atoms with E-state index in [0.29, 0.717) is 46.9 Å². The molecule has 1 aliphatic rings. The number of anilines is 2. The van der Waals surface area contributed by atoms with E-state index in [-0.39, 0.29) is 5.56 Å². The zero-order valence-electron chi connectivity index (χ0n) is 21.5. The van der Waals surface area contributed by atoms with Gasteiger partial charge in [0.2, 0.25) is 5.95 Å². The maximum absolute atomic E-state index is 13.8. The molecular weight excluding hydrogens is 468 g/mol. The molecule has 3 aromatic carbocycles. The van der Waals surface area contributed by atoms with Crippen molar-refractivity contribution in [3.05, 3.63) is 87.7 Å². The predicted molar refractivity (Wildman–Crippen MR) is 146 cm³/mol. The van der Waals surface area contributed by atoms with E-state index >= 15 is 0 Å². The van der Waals surface area contributed by atoms with Gasteiger partial charge in [-0.2, -0.15) is 0 Å². The van der Waals surface area contributed by atoms with Crippen molar-refractivity contribution in [1.29, 1.82) is 0 Å². The first-order valence-corrected chi connectivity index (χ1v) is 12.3. The topological polar surface area (TPSA) is 76.9 Å². The average molecular weight is 499 g/mol. The molecule has 5 rings (SSSR count). The molecular formula is C29H30N4O4. The third-order valence-electron chi connectivity index (χ3n) is 7.06. The summed E-state index contributed by atoms with van der Waals surface area (Å²) >= 11 is 0. The number of rotatable bonds is 5. The first-order chi connectivity index (χ1) is 17.9. The Labute approximate surface area is 215 Å². The molecule has 1 aliphatic heterocycles. The fourth-order valence-corrected chi connectivity index (χ4v) is 4.84. The zero-order valence-corrected chi connectivity index (χ0v) is 21.5. The third kappa shape index (κ3) is 4.50. The molecule has 8 heteroatoms. The summed E-state index contributed by atoms with van der Waals surface area (Å²) in [6.45, 7) is 7.24. The van der Waals surface area contributed by atoms with E-state index in [1.54, 1.807) is 29.9 Å². The Hall–Kier alpha value is -4.33. The Balaban J connectivity index is 1.59. The summed E-state index contributed by atoms with van der Waals surface area (Å²) in [5.74, 6) is 0.717. The highest BCUT2D eigenvalue weighted by atomic mass is 16.5. The van der Waals surface area contributed by atoms with Crippen LogP contribution >= 0.6 is 0 Å². The maximum Gasteiger partial charge on any atom is 0.337 e. The quantitative estimate of drug-likeness (QED) is 0.383. The largest absolute Gasteiger partial charge is 0.497 e. The molecule has 37 heavy (non-hydrogen) atoms. The number of hydrogen-bond acceptors (Lipinski definition) is 7. The fraction of sp³-hybridized carbons (Fsp3) is 0.276. The first-order valence-electron chi connectivity index (χ1n) is 12.3. The number of carbonyl (C=O) groups excluding carboxylic acids is 1. The number of esters is 1. The summed E-state index contributed by atoms with van der Waals surface area (Å²) < 4.78 is 11.9. The lowest BCUT2D eigenvalue weighted by molar-refractivity contribution is 0.0601. The van der Waals surface area contributed by atoms with Gasteiger partial charge in [-0.15, -0.1) is 0 Å². The summed E-state index contributed by atoms with van der Waals surface area (Å²) in [7, 11) is 2.93. The van der Waals surface area contributed by atoms with Crippen LogP contribution in [-0.4, -0.2) is 55.9 Å². The van der Waals surface area contributed by atoms with Gasteiger partial charge in [0, 0.05) is 37.9 Å². The molecule has 0 spiro atoms. The number of ether oxygens (including phenoxy) is 2. The summed E-state index contributed by atoms with van der Waals surface area (Å²) in [6.07, 6.45) is 0. The first kappa shape index (κ1) is 24.4. The second kappa shape index (κ2) is 9.97. The average Bonchev–Trinajstić information content (AvgIpc) is 2.93. The fourth-order valence-electron chi connectivity index (χ4n) is 4.84. The van der Waals surface area contributed by atoms with Crippen molar-refractivity contribution in [2.24, 2.45) is 0 Å². The number of fused-ring (bicyclic) bond motifs is 1. The molecule has 8 nitrogen and oxygen atoms in total. The number of methoxy groups -OCH3 is 2. The molecule has 190 valence electrons. The van der Waals surface area contributed by atoms with Gasteiger partial charge < -0.3 is 19.3 Å². The number of aryl methyl sites for hydroxylation is 1. The molecule has 0 atom stereocenters. The van der Waals surface area contributed by atoms with Crippen molar-refractivity contribution in [2.45, 2.75) is 13.8 Å². The van der Waals surface area contributed by atoms with Gasteiger partial charge in [0.25, 0.3) is 5.56 Å². The molecule has 0 aliphatic carbocycles. The minimum absolute atomic E-state index is 0.207. The van der Waals surface area contributed by atoms with E-state index in [4.69, 9.17) is 14.5 Å². The van der Waals surface area contributed by atoms with E-state index in [9.17, 15) is 9.59 Å². The van der Waals surface area contributed by atoms with Crippen molar-refractivity contribution >= 4 is 28.5 Å². The number of benzene rings is 3. The predicted octanol–water partition coefficient (Wildman–Crippen LogP) is 4.12. The van der Waals surface area contributed by atoms with Gasteiger partial charge in [0.05, 0.1) is 36.4 Å². The molecule has 1 aromatic heterocycles. The second-order valence-corrected chi connectivity index (χ2v) is 9.17. The Morgan fingerprint density at radius 1 is 0.892 bits per heavy atom. The van der Waals surface area contributed by atoms with Gasteiger partial charge in [-0.1, -0.05) is 18.2 Å². The van der Waals surface area contributed by atoms with Crippen LogP contribution < -0.4 is 20.1 Å². The van der Waals surface area contributed by atoms with Gasteiger partial charge in [0.1, 0.15) is 5.75 Å². The number of piperazine rings is 1. The van der Waals surface area contributed by atoms with E-state index in [1.165, 1.54) is 23.9 Å². The molecule has 1 saturated heterocycles. The van der Waals surface area contributed by atoms with Gasteiger partial charge in [-0.25, -0.2) is 14.3 Å². The number of hydrogen-bond donors (Lipinski definition) is 0. The standard InChI is InChI=1S/C29H30N4O4/c1-19-7-5-10-26(20(19)2)31-13-15-32(16-14-31)29-30-25-17-21(28(35)37-4)11-12-24(25)27(34)33(29)22-8-6-9-23(18-22)36-3/h5-12,17-18H,13-16H2,1-4H3. The molecule has 0 saturated carbocycles. The Morgan fingerprint density at radius 3 is 2.35 bits per heavy atom. The lowest BCUT2D eigenvalue weighted by atomic mass is 10.1. The van der Waals surface area contributed by atoms with E-state index in [1.807, 2.05) is 24.3 Å². The highest BCUT2D eigenvalue weighted by molar-refractivity contribution is 5.94.